The summed E-state index contributed by atoms with van der Waals surface area (Å²) in [6.07, 6.45) is 1.63. The third kappa shape index (κ3) is 3.96. The molecule has 0 saturated heterocycles. The van der Waals surface area contributed by atoms with Crippen molar-refractivity contribution in [2.75, 3.05) is 6.61 Å². The van der Waals surface area contributed by atoms with E-state index in [1.165, 1.54) is 0 Å². The maximum Gasteiger partial charge on any atom is 0.338 e. The van der Waals surface area contributed by atoms with Crippen molar-refractivity contribution in [3.63, 3.8) is 0 Å². The number of ether oxygens (including phenoxy) is 2. The first-order chi connectivity index (χ1) is 14.5. The van der Waals surface area contributed by atoms with Crippen LogP contribution in [0.3, 0.4) is 0 Å². The van der Waals surface area contributed by atoms with Crippen LogP contribution in [0.15, 0.2) is 59.3 Å². The lowest BCUT2D eigenvalue weighted by Gasteiger charge is -2.08. The molecule has 0 radical (unpaired) electrons. The number of nitrogens with zero attached hydrogens (tertiary/aromatic N) is 1. The number of hydrogen-bond acceptors (Lipinski definition) is 6. The van der Waals surface area contributed by atoms with Gasteiger partial charge in [0.1, 0.15) is 18.1 Å². The molecule has 0 saturated carbocycles. The van der Waals surface area contributed by atoms with Gasteiger partial charge in [-0.05, 0) is 38.1 Å². The highest BCUT2D eigenvalue weighted by Gasteiger charge is 2.16. The molecule has 0 bridgehead atoms. The third-order valence-corrected chi connectivity index (χ3v) is 4.86. The van der Waals surface area contributed by atoms with Gasteiger partial charge in [0, 0.05) is 22.7 Å². The second kappa shape index (κ2) is 8.24. The summed E-state index contributed by atoms with van der Waals surface area (Å²) in [5, 5.41) is 4.69. The summed E-state index contributed by atoms with van der Waals surface area (Å²) in [6, 6.07) is 14.1. The topological polar surface area (TPSA) is 94.4 Å². The van der Waals surface area contributed by atoms with Crippen molar-refractivity contribution in [2.24, 2.45) is 0 Å². The van der Waals surface area contributed by atoms with E-state index in [0.29, 0.717) is 22.6 Å². The van der Waals surface area contributed by atoms with E-state index in [1.807, 2.05) is 38.1 Å². The Hall–Kier alpha value is -3.87. The predicted molar refractivity (Wildman–Crippen MR) is 110 cm³/mol. The van der Waals surface area contributed by atoms with E-state index in [0.717, 1.165) is 22.2 Å². The van der Waals surface area contributed by atoms with Gasteiger partial charge in [-0.25, -0.2) is 4.79 Å². The van der Waals surface area contributed by atoms with Crippen LogP contribution in [-0.4, -0.2) is 28.5 Å². The number of rotatable bonds is 7. The highest BCUT2D eigenvalue weighted by atomic mass is 16.5. The van der Waals surface area contributed by atoms with Crippen LogP contribution >= 0.6 is 0 Å². The number of fused-ring (bicyclic) bond motifs is 1. The predicted octanol–water partition coefficient (Wildman–Crippen LogP) is 4.39. The molecule has 4 rings (SSSR count). The summed E-state index contributed by atoms with van der Waals surface area (Å²) < 4.78 is 16.1. The smallest absolute Gasteiger partial charge is 0.338 e. The Morgan fingerprint density at radius 1 is 1.10 bits per heavy atom. The maximum atomic E-state index is 12.5. The maximum absolute atomic E-state index is 12.5. The number of H-pyrrole nitrogens is 1. The van der Waals surface area contributed by atoms with Gasteiger partial charge < -0.3 is 19.0 Å². The Balaban J connectivity index is 1.39. The van der Waals surface area contributed by atoms with E-state index in [2.05, 4.69) is 10.1 Å². The number of esters is 1. The van der Waals surface area contributed by atoms with E-state index in [4.69, 9.17) is 14.0 Å². The van der Waals surface area contributed by atoms with Crippen LogP contribution in [0.5, 0.6) is 5.75 Å². The highest BCUT2D eigenvalue weighted by Crippen LogP contribution is 2.20. The highest BCUT2D eigenvalue weighted by molar-refractivity contribution is 6.09. The zero-order valence-electron chi connectivity index (χ0n) is 16.6. The summed E-state index contributed by atoms with van der Waals surface area (Å²) in [6.45, 7) is 3.59. The number of benzene rings is 2. The molecule has 1 N–H and O–H groups in total. The van der Waals surface area contributed by atoms with Crippen molar-refractivity contribution in [3.8, 4) is 5.75 Å². The number of aromatic nitrogens is 2. The number of Topliss-reactive ketones (excluding diaryl/α,β-unsaturated/α-hetero) is 1. The van der Waals surface area contributed by atoms with E-state index in [-0.39, 0.29) is 19.0 Å². The minimum atomic E-state index is -0.592. The van der Waals surface area contributed by atoms with Crippen LogP contribution in [0.4, 0.5) is 0 Å². The molecule has 2 heterocycles. The zero-order chi connectivity index (χ0) is 21.1. The molecule has 4 aromatic rings. The Morgan fingerprint density at radius 2 is 1.93 bits per heavy atom. The summed E-state index contributed by atoms with van der Waals surface area (Å²) >= 11 is 0. The van der Waals surface area contributed by atoms with Crippen molar-refractivity contribution in [2.45, 2.75) is 20.5 Å². The monoisotopic (exact) mass is 404 g/mol. The van der Waals surface area contributed by atoms with Crippen LogP contribution in [0.1, 0.15) is 37.7 Å². The molecule has 7 heteroatoms. The Kier molecular flexibility index (Phi) is 5.34. The van der Waals surface area contributed by atoms with E-state index in [9.17, 15) is 9.59 Å². The van der Waals surface area contributed by atoms with Crippen molar-refractivity contribution >= 4 is 22.7 Å². The molecular formula is C23H20N2O5. The molecule has 2 aromatic carbocycles. The number of carbonyl (C=O) groups excluding carboxylic acids is 2. The van der Waals surface area contributed by atoms with Gasteiger partial charge in [-0.15, -0.1) is 0 Å². The standard InChI is InChI=1S/C23H20N2O5/c1-14-20(15(2)30-25-14)12-28-17-7-5-6-16(10-17)23(27)29-13-22(26)19-11-24-21-9-4-3-8-18(19)21/h3-11,24H,12-13H2,1-2H3. The first-order valence-electron chi connectivity index (χ1n) is 9.44. The summed E-state index contributed by atoms with van der Waals surface area (Å²) in [4.78, 5) is 27.9. The van der Waals surface area contributed by atoms with Gasteiger partial charge in [0.25, 0.3) is 0 Å². The van der Waals surface area contributed by atoms with Crippen molar-refractivity contribution < 1.29 is 23.6 Å². The zero-order valence-corrected chi connectivity index (χ0v) is 16.6. The molecule has 0 aliphatic heterocycles. The fourth-order valence-electron chi connectivity index (χ4n) is 3.17. The number of carbonyl (C=O) groups is 2. The number of nitrogens with one attached hydrogen (secondary N) is 1. The molecule has 0 aliphatic rings. The van der Waals surface area contributed by atoms with Crippen LogP contribution < -0.4 is 4.74 Å². The minimum Gasteiger partial charge on any atom is -0.489 e. The van der Waals surface area contributed by atoms with Gasteiger partial charge in [-0.2, -0.15) is 0 Å². The molecule has 2 aromatic heterocycles. The van der Waals surface area contributed by atoms with Gasteiger partial charge in [-0.3, -0.25) is 4.79 Å². The molecule has 0 spiro atoms. The largest absolute Gasteiger partial charge is 0.489 e. The number of ketones is 1. The normalized spacial score (nSPS) is 10.9. The fraction of sp³-hybridized carbons (Fsp3) is 0.174. The summed E-state index contributed by atoms with van der Waals surface area (Å²) in [5.41, 5.74) is 3.29. The Bertz CT molecular complexity index is 1200. The molecule has 152 valence electrons. The number of hydrogen-bond donors (Lipinski definition) is 1. The van der Waals surface area contributed by atoms with Gasteiger partial charge in [-0.1, -0.05) is 29.4 Å². The van der Waals surface area contributed by atoms with E-state index >= 15 is 0 Å². The number of aromatic amines is 1. The van der Waals surface area contributed by atoms with Gasteiger partial charge in [0.15, 0.2) is 6.61 Å². The second-order valence-electron chi connectivity index (χ2n) is 6.87. The van der Waals surface area contributed by atoms with Gasteiger partial charge >= 0.3 is 5.97 Å². The van der Waals surface area contributed by atoms with Crippen LogP contribution in [0, 0.1) is 13.8 Å². The average Bonchev–Trinajstić information content (AvgIpc) is 3.33. The molecule has 30 heavy (non-hydrogen) atoms. The first-order valence-corrected chi connectivity index (χ1v) is 9.44. The summed E-state index contributed by atoms with van der Waals surface area (Å²) in [5.74, 6) is 0.337. The SMILES string of the molecule is Cc1noc(C)c1COc1cccc(C(=O)OCC(=O)c2c[nH]c3ccccc23)c1. The molecule has 7 nitrogen and oxygen atoms in total. The van der Waals surface area contributed by atoms with Crippen molar-refractivity contribution in [3.05, 3.63) is 82.9 Å². The third-order valence-electron chi connectivity index (χ3n) is 4.86. The quantitative estimate of drug-likeness (QED) is 0.363. The van der Waals surface area contributed by atoms with Crippen molar-refractivity contribution in [1.82, 2.24) is 10.1 Å². The van der Waals surface area contributed by atoms with E-state index in [1.54, 1.807) is 30.5 Å². The minimum absolute atomic E-state index is 0.272. The molecular weight excluding hydrogens is 384 g/mol. The van der Waals surface area contributed by atoms with Crippen molar-refractivity contribution in [1.29, 1.82) is 0 Å². The molecule has 0 fully saturated rings. The Morgan fingerprint density at radius 3 is 2.73 bits per heavy atom. The molecule has 0 aliphatic carbocycles. The average molecular weight is 404 g/mol. The number of para-hydroxylation sites is 1. The first kappa shape index (κ1) is 19.4. The van der Waals surface area contributed by atoms with Crippen LogP contribution in [0.25, 0.3) is 10.9 Å². The lowest BCUT2D eigenvalue weighted by Crippen LogP contribution is -2.14. The number of aryl methyl sites for hydroxylation is 2. The fourth-order valence-corrected chi connectivity index (χ4v) is 3.17. The summed E-state index contributed by atoms with van der Waals surface area (Å²) in [7, 11) is 0. The van der Waals surface area contributed by atoms with E-state index < -0.39 is 5.97 Å². The van der Waals surface area contributed by atoms with Crippen LogP contribution in [-0.2, 0) is 11.3 Å². The lowest BCUT2D eigenvalue weighted by molar-refractivity contribution is 0.0474. The van der Waals surface area contributed by atoms with Gasteiger partial charge in [0.2, 0.25) is 5.78 Å². The second-order valence-corrected chi connectivity index (χ2v) is 6.87. The molecule has 0 atom stereocenters. The van der Waals surface area contributed by atoms with Gasteiger partial charge in [0.05, 0.1) is 16.8 Å². The molecule has 0 amide bonds. The Labute approximate surface area is 172 Å². The van der Waals surface area contributed by atoms with Crippen LogP contribution in [0.2, 0.25) is 0 Å². The lowest BCUT2D eigenvalue weighted by atomic mass is 10.1. The molecule has 0 unspecified atom stereocenters.